The number of hydrogen-bond donors (Lipinski definition) is 1. The zero-order valence-corrected chi connectivity index (χ0v) is 20.6. The minimum atomic E-state index is 0.255. The second-order valence-corrected chi connectivity index (χ2v) is 9.85. The monoisotopic (exact) mass is 471 g/mol. The van der Waals surface area contributed by atoms with Crippen LogP contribution in [-0.4, -0.2) is 15.0 Å². The summed E-state index contributed by atoms with van der Waals surface area (Å²) < 4.78 is 0. The Morgan fingerprint density at radius 3 is 2.53 bits per heavy atom. The van der Waals surface area contributed by atoms with E-state index < -0.39 is 0 Å². The number of aromatic nitrogens is 3. The van der Waals surface area contributed by atoms with Crippen LogP contribution in [0.25, 0.3) is 34.1 Å². The predicted molar refractivity (Wildman–Crippen MR) is 145 cm³/mol. The van der Waals surface area contributed by atoms with Gasteiger partial charge in [0.1, 0.15) is 6.07 Å². The average Bonchev–Trinajstić information content (AvgIpc) is 2.90. The summed E-state index contributed by atoms with van der Waals surface area (Å²) in [4.78, 5) is 14.9. The van der Waals surface area contributed by atoms with Crippen molar-refractivity contribution in [3.63, 3.8) is 0 Å². The average molecular weight is 472 g/mol. The Hall–Kier alpha value is -4.04. The largest absolute Gasteiger partial charge is 0.396 e. The van der Waals surface area contributed by atoms with Crippen LogP contribution in [0.4, 0.5) is 5.69 Å². The fourth-order valence-corrected chi connectivity index (χ4v) is 5.73. The van der Waals surface area contributed by atoms with Gasteiger partial charge in [0.2, 0.25) is 0 Å². The van der Waals surface area contributed by atoms with Crippen molar-refractivity contribution < 1.29 is 0 Å². The topological polar surface area (TPSA) is 88.5 Å². The highest BCUT2D eigenvalue weighted by Gasteiger charge is 2.29. The molecule has 0 saturated heterocycles. The quantitative estimate of drug-likeness (QED) is 0.369. The first-order chi connectivity index (χ1) is 17.7. The van der Waals surface area contributed by atoms with E-state index in [2.05, 4.69) is 60.5 Å². The highest BCUT2D eigenvalue weighted by Crippen LogP contribution is 2.41. The van der Waals surface area contributed by atoms with E-state index in [1.54, 1.807) is 6.07 Å². The molecule has 36 heavy (non-hydrogen) atoms. The summed E-state index contributed by atoms with van der Waals surface area (Å²) in [5.74, 6) is 0. The van der Waals surface area contributed by atoms with Crippen molar-refractivity contribution in [3.05, 3.63) is 81.7 Å². The predicted octanol–water partition coefficient (Wildman–Crippen LogP) is 6.46. The zero-order valence-electron chi connectivity index (χ0n) is 20.6. The molecule has 0 saturated carbocycles. The molecular weight excluding hydrogens is 442 g/mol. The van der Waals surface area contributed by atoms with Crippen molar-refractivity contribution in [2.75, 3.05) is 5.73 Å². The van der Waals surface area contributed by atoms with Gasteiger partial charge in [0.15, 0.2) is 5.69 Å². The molecule has 5 heteroatoms. The molecule has 0 bridgehead atoms. The normalized spacial score (nSPS) is 15.3. The maximum atomic E-state index is 9.36. The van der Waals surface area contributed by atoms with Gasteiger partial charge in [-0.3, -0.25) is 0 Å². The smallest absolute Gasteiger partial charge is 0.164 e. The summed E-state index contributed by atoms with van der Waals surface area (Å²) in [5, 5.41) is 9.36. The molecular formula is C31H29N5. The van der Waals surface area contributed by atoms with Crippen molar-refractivity contribution >= 4 is 28.4 Å². The Labute approximate surface area is 211 Å². The number of nitrogen functional groups attached to an aromatic ring is 1. The minimum absolute atomic E-state index is 0.255. The van der Waals surface area contributed by atoms with Gasteiger partial charge in [0, 0.05) is 0 Å². The summed E-state index contributed by atoms with van der Waals surface area (Å²) in [6, 6.07) is 16.5. The molecule has 1 aromatic carbocycles. The lowest BCUT2D eigenvalue weighted by Gasteiger charge is -2.28. The van der Waals surface area contributed by atoms with Gasteiger partial charge in [0.25, 0.3) is 0 Å². The Morgan fingerprint density at radius 2 is 1.72 bits per heavy atom. The number of benzene rings is 1. The number of allylic oxidation sites excluding steroid dienone is 1. The van der Waals surface area contributed by atoms with Crippen molar-refractivity contribution in [2.45, 2.75) is 58.3 Å². The molecule has 3 heterocycles. The lowest BCUT2D eigenvalue weighted by atomic mass is 9.80. The number of nitrogens with zero attached hydrogens (tertiary/aromatic N) is 4. The molecule has 0 radical (unpaired) electrons. The molecule has 2 aliphatic rings. The minimum Gasteiger partial charge on any atom is -0.396 e. The van der Waals surface area contributed by atoms with Crippen LogP contribution in [-0.2, 0) is 25.7 Å². The Balaban J connectivity index is 1.58. The van der Waals surface area contributed by atoms with Crippen LogP contribution < -0.4 is 5.73 Å². The van der Waals surface area contributed by atoms with E-state index in [9.17, 15) is 5.26 Å². The number of pyridine rings is 3. The summed E-state index contributed by atoms with van der Waals surface area (Å²) >= 11 is 0. The molecule has 2 N–H and O–H groups in total. The number of anilines is 1. The van der Waals surface area contributed by atoms with E-state index in [0.717, 1.165) is 66.7 Å². The first-order valence-electron chi connectivity index (χ1n) is 13.0. The van der Waals surface area contributed by atoms with Crippen molar-refractivity contribution in [1.29, 1.82) is 5.26 Å². The lowest BCUT2D eigenvalue weighted by Crippen LogP contribution is -2.17. The molecule has 4 aromatic rings. The molecule has 0 fully saturated rings. The van der Waals surface area contributed by atoms with Crippen molar-refractivity contribution in [1.82, 2.24) is 15.0 Å². The maximum Gasteiger partial charge on any atom is 0.164 e. The third-order valence-electron chi connectivity index (χ3n) is 7.50. The van der Waals surface area contributed by atoms with Gasteiger partial charge in [-0.1, -0.05) is 43.7 Å². The molecule has 3 aromatic heterocycles. The Morgan fingerprint density at radius 1 is 0.917 bits per heavy atom. The summed E-state index contributed by atoms with van der Waals surface area (Å²) in [6.07, 6.45) is 10.9. The first-order valence-corrected chi connectivity index (χ1v) is 13.0. The third kappa shape index (κ3) is 3.83. The molecule has 5 nitrogen and oxygen atoms in total. The van der Waals surface area contributed by atoms with Crippen LogP contribution in [0, 0.1) is 11.3 Å². The van der Waals surface area contributed by atoms with Crippen LogP contribution in [0.5, 0.6) is 0 Å². The van der Waals surface area contributed by atoms with Crippen LogP contribution in [0.2, 0.25) is 0 Å². The third-order valence-corrected chi connectivity index (χ3v) is 7.50. The Kier molecular flexibility index (Phi) is 5.73. The highest BCUT2D eigenvalue weighted by molar-refractivity contribution is 5.87. The SMILES string of the molecule is CCCCc1c2c(nc3c1CCc1cc4nc(C#N)c(N)cc4nc1-3)C(=Cc1ccccc1)CCC2. The van der Waals surface area contributed by atoms with Gasteiger partial charge in [0.05, 0.1) is 33.8 Å². The van der Waals surface area contributed by atoms with E-state index in [0.29, 0.717) is 11.2 Å². The molecule has 0 aliphatic heterocycles. The van der Waals surface area contributed by atoms with Gasteiger partial charge in [-0.2, -0.15) is 5.26 Å². The standard InChI is InChI=1S/C31H29N5/c1-2-3-11-22-23-12-7-10-20(15-19-8-5-4-6-9-19)29(23)36-31-24(22)14-13-21-16-26-27(35-30(21)31)17-25(33)28(18-32)34-26/h4-6,8-9,15-17H,2-3,7,10-14,33H2,1H3. The molecule has 2 aliphatic carbocycles. The van der Waals surface area contributed by atoms with Gasteiger partial charge in [-0.05, 0) is 96.5 Å². The van der Waals surface area contributed by atoms with Gasteiger partial charge in [-0.15, -0.1) is 0 Å². The number of hydrogen-bond acceptors (Lipinski definition) is 5. The molecule has 0 unspecified atom stereocenters. The zero-order chi connectivity index (χ0) is 24.6. The van der Waals surface area contributed by atoms with E-state index in [1.165, 1.54) is 40.7 Å². The fourth-order valence-electron chi connectivity index (χ4n) is 5.73. The number of unbranched alkanes of at least 4 members (excludes halogenated alkanes) is 1. The molecule has 6 rings (SSSR count). The number of aryl methyl sites for hydroxylation is 1. The molecule has 178 valence electrons. The van der Waals surface area contributed by atoms with Crippen LogP contribution in [0.1, 0.15) is 71.8 Å². The van der Waals surface area contributed by atoms with Gasteiger partial charge >= 0.3 is 0 Å². The van der Waals surface area contributed by atoms with E-state index in [1.807, 2.05) is 0 Å². The Bertz CT molecular complexity index is 1560. The fraction of sp³-hybridized carbons (Fsp3) is 0.290. The number of rotatable bonds is 4. The number of nitrogens with two attached hydrogens (primary N) is 1. The van der Waals surface area contributed by atoms with E-state index in [-0.39, 0.29) is 5.69 Å². The van der Waals surface area contributed by atoms with Crippen molar-refractivity contribution in [2.24, 2.45) is 0 Å². The van der Waals surface area contributed by atoms with Crippen molar-refractivity contribution in [3.8, 4) is 17.5 Å². The van der Waals surface area contributed by atoms with Gasteiger partial charge in [-0.25, -0.2) is 15.0 Å². The second kappa shape index (κ2) is 9.20. The highest BCUT2D eigenvalue weighted by atomic mass is 14.8. The second-order valence-electron chi connectivity index (χ2n) is 9.85. The summed E-state index contributed by atoms with van der Waals surface area (Å²) in [5.41, 5.74) is 19.3. The van der Waals surface area contributed by atoms with Crippen LogP contribution >= 0.6 is 0 Å². The van der Waals surface area contributed by atoms with E-state index >= 15 is 0 Å². The molecule has 0 atom stereocenters. The number of nitriles is 1. The first kappa shape index (κ1) is 22.4. The lowest BCUT2D eigenvalue weighted by molar-refractivity contribution is 0.738. The molecule has 0 spiro atoms. The maximum absolute atomic E-state index is 9.36. The molecule has 0 amide bonds. The van der Waals surface area contributed by atoms with Gasteiger partial charge < -0.3 is 5.73 Å². The van der Waals surface area contributed by atoms with E-state index in [4.69, 9.17) is 15.7 Å². The van der Waals surface area contributed by atoms with Crippen LogP contribution in [0.3, 0.4) is 0 Å². The van der Waals surface area contributed by atoms with Crippen LogP contribution in [0.15, 0.2) is 42.5 Å². The number of fused-ring (bicyclic) bond motifs is 5. The summed E-state index contributed by atoms with van der Waals surface area (Å²) in [7, 11) is 0. The summed E-state index contributed by atoms with van der Waals surface area (Å²) in [6.45, 7) is 2.26.